The van der Waals surface area contributed by atoms with Crippen LogP contribution in [-0.2, 0) is 0 Å². The van der Waals surface area contributed by atoms with Gasteiger partial charge in [0.25, 0.3) is 5.91 Å². The third kappa shape index (κ3) is 5.42. The summed E-state index contributed by atoms with van der Waals surface area (Å²) in [4.78, 5) is 21.7. The van der Waals surface area contributed by atoms with E-state index in [2.05, 4.69) is 56.4 Å². The lowest BCUT2D eigenvalue weighted by Gasteiger charge is -2.10. The maximum absolute atomic E-state index is 12.7. The van der Waals surface area contributed by atoms with Crippen LogP contribution < -0.4 is 10.6 Å². The summed E-state index contributed by atoms with van der Waals surface area (Å²) >= 11 is 3.60. The van der Waals surface area contributed by atoms with Gasteiger partial charge in [0, 0.05) is 33.4 Å². The van der Waals surface area contributed by atoms with E-state index in [0.717, 1.165) is 44.5 Å². The van der Waals surface area contributed by atoms with Crippen molar-refractivity contribution in [1.82, 2.24) is 9.97 Å². The molecule has 0 unspecified atom stereocenters. The summed E-state index contributed by atoms with van der Waals surface area (Å²) < 4.78 is 7.30. The van der Waals surface area contributed by atoms with Crippen molar-refractivity contribution in [1.29, 1.82) is 0 Å². The van der Waals surface area contributed by atoms with Crippen LogP contribution in [0.4, 0.5) is 11.5 Å². The van der Waals surface area contributed by atoms with Crippen LogP contribution in [0.15, 0.2) is 88.0 Å². The van der Waals surface area contributed by atoms with Crippen molar-refractivity contribution < 1.29 is 9.21 Å². The SMILES string of the molecule is Cc1cccc(C(=O)Nc2ccc(-c3oc4ncnc(NCC(C)C)c4c3-c3cccc(Br)c3)cc2)c1. The smallest absolute Gasteiger partial charge is 0.255 e. The molecule has 0 spiro atoms. The van der Waals surface area contributed by atoms with Gasteiger partial charge in [-0.2, -0.15) is 0 Å². The number of hydrogen-bond acceptors (Lipinski definition) is 5. The van der Waals surface area contributed by atoms with Crippen LogP contribution in [0.1, 0.15) is 29.8 Å². The summed E-state index contributed by atoms with van der Waals surface area (Å²) in [6.07, 6.45) is 1.52. The number of rotatable bonds is 7. The van der Waals surface area contributed by atoms with Crippen molar-refractivity contribution in [2.24, 2.45) is 5.92 Å². The van der Waals surface area contributed by atoms with Gasteiger partial charge in [0.2, 0.25) is 5.71 Å². The molecule has 0 aliphatic heterocycles. The summed E-state index contributed by atoms with van der Waals surface area (Å²) in [5.74, 6) is 1.74. The maximum atomic E-state index is 12.7. The second-order valence-corrected chi connectivity index (χ2v) is 10.3. The Bertz CT molecular complexity index is 1570. The zero-order chi connectivity index (χ0) is 25.9. The number of nitrogens with zero attached hydrogens (tertiary/aromatic N) is 2. The molecular weight excluding hydrogens is 528 g/mol. The van der Waals surface area contributed by atoms with Gasteiger partial charge in [-0.1, -0.05) is 59.6 Å². The lowest BCUT2D eigenvalue weighted by Crippen LogP contribution is -2.11. The van der Waals surface area contributed by atoms with Gasteiger partial charge in [-0.05, 0) is 66.9 Å². The average molecular weight is 555 g/mol. The quantitative estimate of drug-likeness (QED) is 0.213. The third-order valence-corrected chi connectivity index (χ3v) is 6.46. The first kappa shape index (κ1) is 24.7. The third-order valence-electron chi connectivity index (χ3n) is 5.96. The second-order valence-electron chi connectivity index (χ2n) is 9.39. The highest BCUT2D eigenvalue weighted by atomic mass is 79.9. The molecule has 0 bridgehead atoms. The Morgan fingerprint density at radius 2 is 1.76 bits per heavy atom. The fraction of sp³-hybridized carbons (Fsp3) is 0.167. The Balaban J connectivity index is 1.55. The number of fused-ring (bicyclic) bond motifs is 1. The van der Waals surface area contributed by atoms with Crippen LogP contribution >= 0.6 is 15.9 Å². The lowest BCUT2D eigenvalue weighted by molar-refractivity contribution is 0.102. The van der Waals surface area contributed by atoms with Gasteiger partial charge in [0.1, 0.15) is 17.9 Å². The molecule has 0 saturated heterocycles. The standard InChI is InChI=1S/C30H27BrN4O2/c1-18(2)16-32-28-26-25(21-7-5-9-23(31)15-21)27(37-30(26)34-17-33-28)20-10-12-24(13-11-20)35-29(36)22-8-4-6-19(3)14-22/h4-15,17-18H,16H2,1-3H3,(H,35,36)(H,32,33,34). The van der Waals surface area contributed by atoms with Crippen molar-refractivity contribution >= 4 is 44.4 Å². The number of anilines is 2. The molecule has 1 amide bonds. The number of aromatic nitrogens is 2. The van der Waals surface area contributed by atoms with Gasteiger partial charge in [-0.3, -0.25) is 4.79 Å². The van der Waals surface area contributed by atoms with E-state index in [0.29, 0.717) is 28.6 Å². The Hall–Kier alpha value is -3.97. The van der Waals surface area contributed by atoms with Crippen molar-refractivity contribution in [3.05, 3.63) is 94.7 Å². The molecule has 6 nitrogen and oxygen atoms in total. The monoisotopic (exact) mass is 554 g/mol. The Kier molecular flexibility index (Phi) is 7.06. The number of carbonyl (C=O) groups is 1. The van der Waals surface area contributed by atoms with Crippen molar-refractivity contribution in [3.8, 4) is 22.5 Å². The topological polar surface area (TPSA) is 80.1 Å². The van der Waals surface area contributed by atoms with E-state index in [-0.39, 0.29) is 5.91 Å². The number of aryl methyl sites for hydroxylation is 1. The molecule has 0 fully saturated rings. The fourth-order valence-electron chi connectivity index (χ4n) is 4.19. The maximum Gasteiger partial charge on any atom is 0.255 e. The number of hydrogen-bond donors (Lipinski definition) is 2. The molecule has 0 radical (unpaired) electrons. The van der Waals surface area contributed by atoms with Crippen LogP contribution in [0.3, 0.4) is 0 Å². The van der Waals surface area contributed by atoms with E-state index in [1.54, 1.807) is 6.07 Å². The largest absolute Gasteiger partial charge is 0.437 e. The van der Waals surface area contributed by atoms with Gasteiger partial charge < -0.3 is 15.1 Å². The zero-order valence-corrected chi connectivity index (χ0v) is 22.5. The van der Waals surface area contributed by atoms with E-state index in [9.17, 15) is 4.79 Å². The van der Waals surface area contributed by atoms with Crippen LogP contribution in [0.2, 0.25) is 0 Å². The number of furan rings is 1. The van der Waals surface area contributed by atoms with Crippen LogP contribution in [-0.4, -0.2) is 22.4 Å². The molecule has 37 heavy (non-hydrogen) atoms. The summed E-state index contributed by atoms with van der Waals surface area (Å²) in [7, 11) is 0. The number of amides is 1. The van der Waals surface area contributed by atoms with Crippen molar-refractivity contribution in [3.63, 3.8) is 0 Å². The molecule has 5 aromatic rings. The Morgan fingerprint density at radius 3 is 2.49 bits per heavy atom. The fourth-order valence-corrected chi connectivity index (χ4v) is 4.58. The summed E-state index contributed by atoms with van der Waals surface area (Å²) in [6.45, 7) is 7.05. The minimum absolute atomic E-state index is 0.147. The van der Waals surface area contributed by atoms with Gasteiger partial charge in [0.05, 0.1) is 5.39 Å². The summed E-state index contributed by atoms with van der Waals surface area (Å²) in [5, 5.41) is 7.27. The van der Waals surface area contributed by atoms with E-state index in [4.69, 9.17) is 4.42 Å². The average Bonchev–Trinajstić information content (AvgIpc) is 3.28. The normalized spacial score (nSPS) is 11.2. The molecule has 2 N–H and O–H groups in total. The first-order chi connectivity index (χ1) is 17.9. The molecule has 0 saturated carbocycles. The zero-order valence-electron chi connectivity index (χ0n) is 20.9. The van der Waals surface area contributed by atoms with E-state index in [1.807, 2.05) is 67.6 Å². The molecule has 7 heteroatoms. The highest BCUT2D eigenvalue weighted by Gasteiger charge is 2.22. The van der Waals surface area contributed by atoms with Gasteiger partial charge in [-0.25, -0.2) is 9.97 Å². The van der Waals surface area contributed by atoms with Gasteiger partial charge >= 0.3 is 0 Å². The van der Waals surface area contributed by atoms with Crippen LogP contribution in [0.5, 0.6) is 0 Å². The van der Waals surface area contributed by atoms with Crippen LogP contribution in [0.25, 0.3) is 33.6 Å². The van der Waals surface area contributed by atoms with Crippen molar-refractivity contribution in [2.45, 2.75) is 20.8 Å². The molecule has 2 aromatic heterocycles. The molecule has 0 atom stereocenters. The molecule has 3 aromatic carbocycles. The number of benzene rings is 3. The highest BCUT2D eigenvalue weighted by molar-refractivity contribution is 9.10. The summed E-state index contributed by atoms with van der Waals surface area (Å²) in [5.41, 5.74) is 5.66. The van der Waals surface area contributed by atoms with E-state index < -0.39 is 0 Å². The minimum atomic E-state index is -0.147. The van der Waals surface area contributed by atoms with Crippen molar-refractivity contribution in [2.75, 3.05) is 17.2 Å². The Labute approximate surface area is 224 Å². The lowest BCUT2D eigenvalue weighted by atomic mass is 9.99. The molecule has 186 valence electrons. The minimum Gasteiger partial charge on any atom is -0.437 e. The number of halogens is 1. The molecular formula is C30H27BrN4O2. The Morgan fingerprint density at radius 1 is 0.973 bits per heavy atom. The first-order valence-corrected chi connectivity index (χ1v) is 12.9. The summed E-state index contributed by atoms with van der Waals surface area (Å²) in [6, 6.07) is 23.3. The number of carbonyl (C=O) groups excluding carboxylic acids is 1. The van der Waals surface area contributed by atoms with Gasteiger partial charge in [0.15, 0.2) is 0 Å². The predicted octanol–water partition coefficient (Wildman–Crippen LogP) is 7.95. The molecule has 0 aliphatic rings. The molecule has 5 rings (SSSR count). The second kappa shape index (κ2) is 10.6. The van der Waals surface area contributed by atoms with Crippen LogP contribution in [0, 0.1) is 12.8 Å². The van der Waals surface area contributed by atoms with E-state index >= 15 is 0 Å². The predicted molar refractivity (Wildman–Crippen MR) is 153 cm³/mol. The number of nitrogens with one attached hydrogen (secondary N) is 2. The van der Waals surface area contributed by atoms with Gasteiger partial charge in [-0.15, -0.1) is 0 Å². The highest BCUT2D eigenvalue weighted by Crippen LogP contribution is 2.43. The molecule has 0 aliphatic carbocycles. The first-order valence-electron chi connectivity index (χ1n) is 12.1. The molecule has 2 heterocycles. The van der Waals surface area contributed by atoms with E-state index in [1.165, 1.54) is 6.33 Å².